The number of nitrogens with zero attached hydrogens (tertiary/aromatic N) is 2. The molecule has 4 aromatic rings. The minimum Gasteiger partial charge on any atom is -0.324 e. The van der Waals surface area contributed by atoms with Gasteiger partial charge in [0.2, 0.25) is 5.95 Å². The van der Waals surface area contributed by atoms with Crippen molar-refractivity contribution in [3.8, 4) is 0 Å². The number of benzene rings is 3. The van der Waals surface area contributed by atoms with E-state index in [4.69, 9.17) is 11.6 Å². The Bertz CT molecular complexity index is 1220. The summed E-state index contributed by atoms with van der Waals surface area (Å²) in [5, 5.41) is 6.79. The maximum atomic E-state index is 12.6. The number of carbonyl (C=O) groups excluding carboxylic acids is 1. The average Bonchev–Trinajstić information content (AvgIpc) is 3.01. The van der Waals surface area contributed by atoms with E-state index in [-0.39, 0.29) is 5.91 Å². The van der Waals surface area contributed by atoms with Gasteiger partial charge in [0.05, 0.1) is 21.7 Å². The molecule has 4 rings (SSSR count). The van der Waals surface area contributed by atoms with Gasteiger partial charge in [-0.15, -0.1) is 0 Å². The molecule has 0 aliphatic heterocycles. The maximum Gasteiger partial charge on any atom is 0.255 e. The number of hydrogen-bond donors (Lipinski definition) is 2. The molecule has 0 radical (unpaired) electrons. The lowest BCUT2D eigenvalue weighted by molar-refractivity contribution is 0.102. The molecule has 0 aliphatic rings. The van der Waals surface area contributed by atoms with Gasteiger partial charge in [-0.2, -0.15) is 0 Å². The molecule has 3 aromatic carbocycles. The summed E-state index contributed by atoms with van der Waals surface area (Å²) in [7, 11) is 1.92. The first-order valence-corrected chi connectivity index (χ1v) is 10.1. The number of hydrogen-bond acceptors (Lipinski definition) is 3. The zero-order valence-electron chi connectivity index (χ0n) is 15.8. The minimum atomic E-state index is -0.184. The minimum absolute atomic E-state index is 0.184. The molecular formula is C22H18BrClN4O. The van der Waals surface area contributed by atoms with Crippen LogP contribution in [-0.2, 0) is 7.05 Å². The van der Waals surface area contributed by atoms with Gasteiger partial charge in [-0.1, -0.05) is 33.6 Å². The van der Waals surface area contributed by atoms with Crippen molar-refractivity contribution in [2.45, 2.75) is 6.92 Å². The third kappa shape index (κ3) is 4.13. The molecule has 146 valence electrons. The van der Waals surface area contributed by atoms with Crippen LogP contribution in [0.1, 0.15) is 15.9 Å². The molecule has 7 heteroatoms. The average molecular weight is 470 g/mol. The third-order valence-corrected chi connectivity index (χ3v) is 5.46. The van der Waals surface area contributed by atoms with Crippen LogP contribution in [0.5, 0.6) is 0 Å². The summed E-state index contributed by atoms with van der Waals surface area (Å²) in [6.45, 7) is 1.99. The van der Waals surface area contributed by atoms with Crippen molar-refractivity contribution in [1.82, 2.24) is 9.55 Å². The van der Waals surface area contributed by atoms with Gasteiger partial charge < -0.3 is 15.2 Å². The van der Waals surface area contributed by atoms with Crippen molar-refractivity contribution in [3.05, 3.63) is 81.3 Å². The van der Waals surface area contributed by atoms with Crippen LogP contribution >= 0.6 is 27.5 Å². The third-order valence-electron chi connectivity index (χ3n) is 4.62. The zero-order valence-corrected chi connectivity index (χ0v) is 18.2. The van der Waals surface area contributed by atoms with Crippen LogP contribution in [0.4, 0.5) is 17.3 Å². The molecule has 0 saturated heterocycles. The first kappa shape index (κ1) is 19.5. The van der Waals surface area contributed by atoms with Crippen LogP contribution in [-0.4, -0.2) is 15.5 Å². The summed E-state index contributed by atoms with van der Waals surface area (Å²) in [5.74, 6) is 0.465. The van der Waals surface area contributed by atoms with Gasteiger partial charge in [-0.3, -0.25) is 4.79 Å². The molecule has 29 heavy (non-hydrogen) atoms. The second-order valence-corrected chi connectivity index (χ2v) is 8.09. The number of anilines is 3. The van der Waals surface area contributed by atoms with Gasteiger partial charge in [0, 0.05) is 22.8 Å². The van der Waals surface area contributed by atoms with Gasteiger partial charge in [0.15, 0.2) is 0 Å². The van der Waals surface area contributed by atoms with Crippen molar-refractivity contribution >= 4 is 61.8 Å². The van der Waals surface area contributed by atoms with Gasteiger partial charge in [-0.05, 0) is 67.1 Å². The standard InChI is InChI=1S/C22H18BrClN4O/c1-13-3-9-18(17(24)11-13)26-22-27-19-12-14(4-10-20(19)28(22)2)21(29)25-16-7-5-15(23)6-8-16/h3-12H,1-2H3,(H,25,29)(H,26,27). The fraction of sp³-hybridized carbons (Fsp3) is 0.0909. The fourth-order valence-corrected chi connectivity index (χ4v) is 3.58. The highest BCUT2D eigenvalue weighted by Gasteiger charge is 2.13. The van der Waals surface area contributed by atoms with E-state index in [1.165, 1.54) is 0 Å². The number of carbonyl (C=O) groups is 1. The molecule has 0 spiro atoms. The summed E-state index contributed by atoms with van der Waals surface area (Å²) in [6.07, 6.45) is 0. The highest BCUT2D eigenvalue weighted by atomic mass is 79.9. The lowest BCUT2D eigenvalue weighted by Crippen LogP contribution is -2.11. The quantitative estimate of drug-likeness (QED) is 0.369. The molecule has 2 N–H and O–H groups in total. The summed E-state index contributed by atoms with van der Waals surface area (Å²) in [4.78, 5) is 17.3. The highest BCUT2D eigenvalue weighted by molar-refractivity contribution is 9.10. The van der Waals surface area contributed by atoms with E-state index >= 15 is 0 Å². The van der Waals surface area contributed by atoms with E-state index < -0.39 is 0 Å². The normalized spacial score (nSPS) is 10.9. The van der Waals surface area contributed by atoms with Crippen molar-refractivity contribution < 1.29 is 4.79 Å². The molecule has 1 aromatic heterocycles. The number of amides is 1. The van der Waals surface area contributed by atoms with Crippen LogP contribution in [0.2, 0.25) is 5.02 Å². The van der Waals surface area contributed by atoms with Crippen LogP contribution in [0.3, 0.4) is 0 Å². The van der Waals surface area contributed by atoms with E-state index in [0.717, 1.165) is 32.4 Å². The van der Waals surface area contributed by atoms with E-state index in [1.807, 2.05) is 67.1 Å². The number of fused-ring (bicyclic) bond motifs is 1. The van der Waals surface area contributed by atoms with Crippen molar-refractivity contribution in [2.75, 3.05) is 10.6 Å². The summed E-state index contributed by atoms with van der Waals surface area (Å²) in [5.41, 5.74) is 4.78. The number of aromatic nitrogens is 2. The Hall–Kier alpha value is -2.83. The first-order valence-electron chi connectivity index (χ1n) is 8.97. The predicted molar refractivity (Wildman–Crippen MR) is 122 cm³/mol. The zero-order chi connectivity index (χ0) is 20.5. The molecule has 0 aliphatic carbocycles. The van der Waals surface area contributed by atoms with E-state index in [1.54, 1.807) is 12.1 Å². The molecule has 1 heterocycles. The Morgan fingerprint density at radius 1 is 1.07 bits per heavy atom. The largest absolute Gasteiger partial charge is 0.324 e. The number of aryl methyl sites for hydroxylation is 2. The predicted octanol–water partition coefficient (Wildman–Crippen LogP) is 6.29. The monoisotopic (exact) mass is 468 g/mol. The van der Waals surface area contributed by atoms with Crippen LogP contribution in [0.15, 0.2) is 65.1 Å². The topological polar surface area (TPSA) is 59.0 Å². The molecule has 0 saturated carbocycles. The molecule has 0 unspecified atom stereocenters. The first-order chi connectivity index (χ1) is 13.9. The van der Waals surface area contributed by atoms with Crippen molar-refractivity contribution in [2.24, 2.45) is 7.05 Å². The number of halogens is 2. The summed E-state index contributed by atoms with van der Waals surface area (Å²) < 4.78 is 2.89. The van der Waals surface area contributed by atoms with Gasteiger partial charge in [-0.25, -0.2) is 4.98 Å². The Kier molecular flexibility index (Phi) is 5.30. The molecule has 0 fully saturated rings. The van der Waals surface area contributed by atoms with Gasteiger partial charge in [0.1, 0.15) is 0 Å². The second kappa shape index (κ2) is 7.89. The lowest BCUT2D eigenvalue weighted by Gasteiger charge is -2.08. The molecule has 5 nitrogen and oxygen atoms in total. The highest BCUT2D eigenvalue weighted by Crippen LogP contribution is 2.28. The smallest absolute Gasteiger partial charge is 0.255 e. The fourth-order valence-electron chi connectivity index (χ4n) is 3.03. The van der Waals surface area contributed by atoms with E-state index in [2.05, 4.69) is 31.5 Å². The Morgan fingerprint density at radius 2 is 1.83 bits per heavy atom. The molecule has 1 amide bonds. The van der Waals surface area contributed by atoms with Crippen LogP contribution in [0.25, 0.3) is 11.0 Å². The lowest BCUT2D eigenvalue weighted by atomic mass is 10.2. The SMILES string of the molecule is Cc1ccc(Nc2nc3cc(C(=O)Nc4ccc(Br)cc4)ccc3n2C)c(Cl)c1. The summed E-state index contributed by atoms with van der Waals surface area (Å²) >= 11 is 9.72. The Balaban J connectivity index is 1.61. The van der Waals surface area contributed by atoms with E-state index in [9.17, 15) is 4.79 Å². The Labute approximate surface area is 181 Å². The van der Waals surface area contributed by atoms with Crippen molar-refractivity contribution in [1.29, 1.82) is 0 Å². The number of imidazole rings is 1. The second-order valence-electron chi connectivity index (χ2n) is 6.77. The maximum absolute atomic E-state index is 12.6. The number of rotatable bonds is 4. The summed E-state index contributed by atoms with van der Waals surface area (Å²) in [6, 6.07) is 18.7. The number of nitrogens with one attached hydrogen (secondary N) is 2. The Morgan fingerprint density at radius 3 is 2.55 bits per heavy atom. The van der Waals surface area contributed by atoms with Crippen LogP contribution in [0, 0.1) is 6.92 Å². The van der Waals surface area contributed by atoms with Gasteiger partial charge in [0.25, 0.3) is 5.91 Å². The molecule has 0 atom stereocenters. The van der Waals surface area contributed by atoms with E-state index in [0.29, 0.717) is 16.5 Å². The van der Waals surface area contributed by atoms with Crippen molar-refractivity contribution in [3.63, 3.8) is 0 Å². The van der Waals surface area contributed by atoms with Gasteiger partial charge >= 0.3 is 0 Å². The van der Waals surface area contributed by atoms with Crippen LogP contribution < -0.4 is 10.6 Å². The molecular weight excluding hydrogens is 452 g/mol. The molecule has 0 bridgehead atoms.